The standard InChI is InChI=1S/C17H17N3O6S/c1-3-25-14-7-4-11(8-16(14)24-2)10-18-20-27(22,23)12-5-6-13-15(9-12)26-17(21)19-13/h4-10,20H,3H2,1-2H3,(H,19,21)/b18-10+. The first-order valence-corrected chi connectivity index (χ1v) is 9.40. The van der Waals surface area contributed by atoms with E-state index in [-0.39, 0.29) is 10.5 Å². The van der Waals surface area contributed by atoms with Gasteiger partial charge < -0.3 is 13.9 Å². The van der Waals surface area contributed by atoms with E-state index in [1.807, 2.05) is 6.92 Å². The molecule has 0 fully saturated rings. The van der Waals surface area contributed by atoms with Crippen LogP contribution in [0.2, 0.25) is 0 Å². The van der Waals surface area contributed by atoms with Crippen LogP contribution >= 0.6 is 0 Å². The number of fused-ring (bicyclic) bond motifs is 1. The average molecular weight is 391 g/mol. The van der Waals surface area contributed by atoms with Crippen molar-refractivity contribution in [3.8, 4) is 11.5 Å². The summed E-state index contributed by atoms with van der Waals surface area (Å²) in [7, 11) is -2.41. The topological polar surface area (TPSA) is 123 Å². The highest BCUT2D eigenvalue weighted by Gasteiger charge is 2.15. The largest absolute Gasteiger partial charge is 0.493 e. The van der Waals surface area contributed by atoms with Crippen molar-refractivity contribution in [2.24, 2.45) is 5.10 Å². The SMILES string of the molecule is CCOc1ccc(/C=N/NS(=O)(=O)c2ccc3[nH]c(=O)oc3c2)cc1OC. The second-order valence-corrected chi connectivity index (χ2v) is 7.03. The summed E-state index contributed by atoms with van der Waals surface area (Å²) in [5.41, 5.74) is 1.16. The predicted molar refractivity (Wildman–Crippen MR) is 98.9 cm³/mol. The second kappa shape index (κ2) is 7.54. The maximum absolute atomic E-state index is 12.3. The lowest BCUT2D eigenvalue weighted by atomic mass is 10.2. The van der Waals surface area contributed by atoms with E-state index in [1.165, 1.54) is 31.5 Å². The number of hydrogen-bond acceptors (Lipinski definition) is 7. The highest BCUT2D eigenvalue weighted by Crippen LogP contribution is 2.27. The van der Waals surface area contributed by atoms with E-state index in [0.29, 0.717) is 29.2 Å². The molecule has 0 saturated carbocycles. The van der Waals surface area contributed by atoms with Gasteiger partial charge in [0.2, 0.25) is 0 Å². The number of sulfonamides is 1. The molecule has 2 aromatic carbocycles. The number of nitrogens with one attached hydrogen (secondary N) is 2. The van der Waals surface area contributed by atoms with Gasteiger partial charge in [0.25, 0.3) is 10.0 Å². The highest BCUT2D eigenvalue weighted by molar-refractivity contribution is 7.89. The number of hydrogen-bond donors (Lipinski definition) is 2. The molecule has 10 heteroatoms. The van der Waals surface area contributed by atoms with Gasteiger partial charge in [-0.1, -0.05) is 0 Å². The summed E-state index contributed by atoms with van der Waals surface area (Å²) < 4.78 is 40.2. The fourth-order valence-electron chi connectivity index (χ4n) is 2.36. The molecule has 0 atom stereocenters. The van der Waals surface area contributed by atoms with Crippen LogP contribution < -0.4 is 20.1 Å². The lowest BCUT2D eigenvalue weighted by molar-refractivity contribution is 0.311. The van der Waals surface area contributed by atoms with Gasteiger partial charge >= 0.3 is 5.76 Å². The minimum atomic E-state index is -3.92. The predicted octanol–water partition coefficient (Wildman–Crippen LogP) is 1.84. The van der Waals surface area contributed by atoms with Crippen LogP contribution in [-0.4, -0.2) is 33.3 Å². The molecule has 9 nitrogen and oxygen atoms in total. The lowest BCUT2D eigenvalue weighted by Gasteiger charge is -2.09. The summed E-state index contributed by atoms with van der Waals surface area (Å²) in [4.78, 5) is 15.6. The molecule has 3 aromatic rings. The highest BCUT2D eigenvalue weighted by atomic mass is 32.2. The van der Waals surface area contributed by atoms with Crippen molar-refractivity contribution in [2.75, 3.05) is 13.7 Å². The number of aromatic amines is 1. The van der Waals surface area contributed by atoms with Crippen molar-refractivity contribution in [3.63, 3.8) is 0 Å². The first-order chi connectivity index (χ1) is 12.9. The molecule has 0 saturated heterocycles. The van der Waals surface area contributed by atoms with Crippen LogP contribution in [0, 0.1) is 0 Å². The molecule has 2 N–H and O–H groups in total. The first-order valence-electron chi connectivity index (χ1n) is 7.91. The second-order valence-electron chi connectivity index (χ2n) is 5.37. The van der Waals surface area contributed by atoms with Crippen LogP contribution in [0.5, 0.6) is 11.5 Å². The number of H-pyrrole nitrogens is 1. The van der Waals surface area contributed by atoms with Gasteiger partial charge in [0.05, 0.1) is 30.3 Å². The summed E-state index contributed by atoms with van der Waals surface area (Å²) >= 11 is 0. The van der Waals surface area contributed by atoms with Crippen LogP contribution in [0.25, 0.3) is 11.1 Å². The molecule has 1 aromatic heterocycles. The fourth-order valence-corrected chi connectivity index (χ4v) is 3.16. The Hall–Kier alpha value is -3.27. The van der Waals surface area contributed by atoms with Gasteiger partial charge in [-0.25, -0.2) is 9.63 Å². The lowest BCUT2D eigenvalue weighted by Crippen LogP contribution is -2.18. The minimum absolute atomic E-state index is 0.0841. The van der Waals surface area contributed by atoms with Gasteiger partial charge in [-0.05, 0) is 42.8 Å². The van der Waals surface area contributed by atoms with Gasteiger partial charge in [-0.2, -0.15) is 13.5 Å². The summed E-state index contributed by atoms with van der Waals surface area (Å²) in [6.45, 7) is 2.36. The number of aromatic nitrogens is 1. The summed E-state index contributed by atoms with van der Waals surface area (Å²) in [5.74, 6) is 0.436. The Kier molecular flexibility index (Phi) is 5.17. The van der Waals surface area contributed by atoms with Gasteiger partial charge in [0.15, 0.2) is 17.1 Å². The van der Waals surface area contributed by atoms with Crippen molar-refractivity contribution in [2.45, 2.75) is 11.8 Å². The maximum Gasteiger partial charge on any atom is 0.417 e. The molecule has 0 spiro atoms. The zero-order valence-corrected chi connectivity index (χ0v) is 15.4. The molecule has 142 valence electrons. The Morgan fingerprint density at radius 3 is 2.78 bits per heavy atom. The van der Waals surface area contributed by atoms with Gasteiger partial charge in [-0.3, -0.25) is 4.98 Å². The number of rotatable bonds is 7. The van der Waals surface area contributed by atoms with E-state index in [2.05, 4.69) is 14.9 Å². The monoisotopic (exact) mass is 391 g/mol. The molecule has 1 heterocycles. The zero-order chi connectivity index (χ0) is 19.4. The molecule has 0 unspecified atom stereocenters. The molecule has 3 rings (SSSR count). The van der Waals surface area contributed by atoms with Gasteiger partial charge in [-0.15, -0.1) is 0 Å². The molecule has 27 heavy (non-hydrogen) atoms. The fraction of sp³-hybridized carbons (Fsp3) is 0.176. The third-order valence-electron chi connectivity index (χ3n) is 3.58. The van der Waals surface area contributed by atoms with Crippen molar-refractivity contribution in [3.05, 3.63) is 52.5 Å². The van der Waals surface area contributed by atoms with E-state index in [0.717, 1.165) is 0 Å². The van der Waals surface area contributed by atoms with Crippen LogP contribution in [0.15, 0.2) is 55.6 Å². The number of hydrazone groups is 1. The number of nitrogens with zero attached hydrogens (tertiary/aromatic N) is 1. The Labute approximate surface area is 154 Å². The molecule has 0 aliphatic carbocycles. The maximum atomic E-state index is 12.3. The van der Waals surface area contributed by atoms with E-state index in [1.54, 1.807) is 18.2 Å². The number of oxazole rings is 1. The third-order valence-corrected chi connectivity index (χ3v) is 4.80. The summed E-state index contributed by atoms with van der Waals surface area (Å²) in [5, 5.41) is 3.77. The van der Waals surface area contributed by atoms with Crippen LogP contribution in [-0.2, 0) is 10.0 Å². The molecule has 0 bridgehead atoms. The number of methoxy groups -OCH3 is 1. The van der Waals surface area contributed by atoms with E-state index in [9.17, 15) is 13.2 Å². The summed E-state index contributed by atoms with van der Waals surface area (Å²) in [6.07, 6.45) is 1.34. The van der Waals surface area contributed by atoms with Crippen LogP contribution in [0.3, 0.4) is 0 Å². The van der Waals surface area contributed by atoms with Crippen molar-refractivity contribution < 1.29 is 22.3 Å². The Morgan fingerprint density at radius 1 is 1.22 bits per heavy atom. The third kappa shape index (κ3) is 4.11. The molecule has 0 aliphatic rings. The van der Waals surface area contributed by atoms with Crippen molar-refractivity contribution in [1.82, 2.24) is 9.82 Å². The Balaban J connectivity index is 1.78. The molecule has 0 amide bonds. The van der Waals surface area contributed by atoms with Gasteiger partial charge in [0, 0.05) is 6.07 Å². The first kappa shape index (κ1) is 18.5. The van der Waals surface area contributed by atoms with Crippen molar-refractivity contribution >= 4 is 27.3 Å². The average Bonchev–Trinajstić information content (AvgIpc) is 3.02. The molecule has 0 aliphatic heterocycles. The Morgan fingerprint density at radius 2 is 2.04 bits per heavy atom. The van der Waals surface area contributed by atoms with Crippen LogP contribution in [0.1, 0.15) is 12.5 Å². The smallest absolute Gasteiger partial charge is 0.417 e. The molecular weight excluding hydrogens is 374 g/mol. The zero-order valence-electron chi connectivity index (χ0n) is 14.6. The number of ether oxygens (including phenoxy) is 2. The quantitative estimate of drug-likeness (QED) is 0.468. The van der Waals surface area contributed by atoms with E-state index >= 15 is 0 Å². The number of benzene rings is 2. The van der Waals surface area contributed by atoms with E-state index in [4.69, 9.17) is 13.9 Å². The Bertz CT molecular complexity index is 1150. The normalized spacial score (nSPS) is 11.8. The summed E-state index contributed by atoms with van der Waals surface area (Å²) in [6, 6.07) is 9.11. The van der Waals surface area contributed by atoms with Gasteiger partial charge in [0.1, 0.15) is 0 Å². The van der Waals surface area contributed by atoms with Crippen LogP contribution in [0.4, 0.5) is 0 Å². The van der Waals surface area contributed by atoms with E-state index < -0.39 is 15.8 Å². The molecule has 0 radical (unpaired) electrons. The minimum Gasteiger partial charge on any atom is -0.493 e. The molecular formula is C17H17N3O6S. The van der Waals surface area contributed by atoms with Crippen molar-refractivity contribution in [1.29, 1.82) is 0 Å².